The van der Waals surface area contributed by atoms with Crippen molar-refractivity contribution in [3.8, 4) is 0 Å². The molecule has 0 bridgehead atoms. The molecule has 8 heteroatoms. The van der Waals surface area contributed by atoms with Gasteiger partial charge in [-0.25, -0.2) is 0 Å². The first-order valence-electron chi connectivity index (χ1n) is 1.66. The number of aliphatic hydroxyl groups is 1. The Morgan fingerprint density at radius 3 is 1.50 bits per heavy atom. The number of carbonyl (C=O) groups is 1. The van der Waals surface area contributed by atoms with Crippen molar-refractivity contribution in [2.24, 2.45) is 0 Å². The second-order valence-electron chi connectivity index (χ2n) is 0.797. The van der Waals surface area contributed by atoms with E-state index in [-0.39, 0.29) is 37.6 Å². The predicted molar refractivity (Wildman–Crippen MR) is 28.4 cm³/mol. The smallest absolute Gasteiger partial charge is 1.00 e. The van der Waals surface area contributed by atoms with E-state index < -0.39 is 10.4 Å². The largest absolute Gasteiger partial charge is 1.00 e. The fourth-order valence-electron chi connectivity index (χ4n) is 0. The van der Waals surface area contributed by atoms with Crippen molar-refractivity contribution in [3.63, 3.8) is 0 Å². The Balaban J connectivity index is -0.0000000383. The Hall–Kier alpha value is 0.500. The normalized spacial score (nSPS) is 8.30. The van der Waals surface area contributed by atoms with Crippen LogP contribution >= 0.6 is 0 Å². The van der Waals surface area contributed by atoms with Gasteiger partial charge in [-0.3, -0.25) is 9.11 Å². The number of hydrogen-bond acceptors (Lipinski definition) is 4. The van der Waals surface area contributed by atoms with E-state index in [4.69, 9.17) is 27.4 Å². The zero-order valence-corrected chi connectivity index (χ0v) is 8.08. The van der Waals surface area contributed by atoms with Crippen LogP contribution in [0, 0.1) is 0 Å². The second kappa shape index (κ2) is 9.50. The van der Waals surface area contributed by atoms with Gasteiger partial charge in [0, 0.05) is 0 Å². The number of hydrogen-bond donors (Lipinski definition) is 3. The maximum absolute atomic E-state index is 8.92. The van der Waals surface area contributed by atoms with Crippen molar-refractivity contribution in [2.45, 2.75) is 0 Å². The van der Waals surface area contributed by atoms with Crippen LogP contribution in [0.25, 0.3) is 0 Å². The topological polar surface area (TPSA) is 112 Å². The zero-order chi connectivity index (χ0) is 7.91. The minimum atomic E-state index is -4.67. The van der Waals surface area contributed by atoms with E-state index in [0.29, 0.717) is 6.29 Å². The molecule has 0 aliphatic heterocycles. The average Bonchev–Trinajstić information content (AvgIpc) is 1.61. The number of aliphatic hydroxyl groups excluding tert-OH is 1. The summed E-state index contributed by atoms with van der Waals surface area (Å²) in [5, 5.41) is 7.51. The van der Waals surface area contributed by atoms with Crippen LogP contribution in [0.2, 0.25) is 0 Å². The molecule has 0 aromatic heterocycles. The minimum absolute atomic E-state index is 0. The molecule has 0 radical (unpaired) electrons. The molecule has 0 fully saturated rings. The summed E-state index contributed by atoms with van der Waals surface area (Å²) < 4.78 is 31.6. The quantitative estimate of drug-likeness (QED) is 0.214. The van der Waals surface area contributed by atoms with Gasteiger partial charge in [0.2, 0.25) is 0 Å². The Morgan fingerprint density at radius 1 is 1.40 bits per heavy atom. The molecular weight excluding hydrogens is 175 g/mol. The molecule has 0 unspecified atom stereocenters. The Bertz CT molecular complexity index is 146. The average molecular weight is 182 g/mol. The van der Waals surface area contributed by atoms with E-state index in [1.165, 1.54) is 0 Å². The van der Waals surface area contributed by atoms with Gasteiger partial charge in [-0.1, -0.05) is 0 Å². The molecule has 0 saturated heterocycles. The molecule has 0 rings (SSSR count). The Morgan fingerprint density at radius 2 is 1.50 bits per heavy atom. The van der Waals surface area contributed by atoms with Crippen LogP contribution in [-0.2, 0) is 15.2 Å². The molecule has 0 saturated carbocycles. The standard InChI is InChI=1S/C2H4O2.Na.H2O4S.H/c3-1-2-4;;1-5(2,3)4;/h1,4H,2H2;;(H2,1,2,3,4);/q;+1;;-1. The van der Waals surface area contributed by atoms with Gasteiger partial charge in [0.05, 0.1) is 6.61 Å². The van der Waals surface area contributed by atoms with Gasteiger partial charge in [0.1, 0.15) is 6.29 Å². The summed E-state index contributed by atoms with van der Waals surface area (Å²) in [6, 6.07) is 0. The first kappa shape index (κ1) is 16.8. The SMILES string of the molecule is O=CCO.O=S(=O)(O)O.[H-].[Na+]. The number of carbonyl (C=O) groups excluding carboxylic acids is 1. The third-order valence-electron chi connectivity index (χ3n) is 0.0745. The van der Waals surface area contributed by atoms with E-state index in [0.717, 1.165) is 0 Å². The van der Waals surface area contributed by atoms with Gasteiger partial charge in [-0.2, -0.15) is 8.42 Å². The summed E-state index contributed by atoms with van der Waals surface area (Å²) in [7, 11) is -4.67. The third-order valence-corrected chi connectivity index (χ3v) is 0.0745. The molecule has 0 amide bonds. The molecule has 0 aromatic carbocycles. The van der Waals surface area contributed by atoms with E-state index in [1.807, 2.05) is 0 Å². The summed E-state index contributed by atoms with van der Waals surface area (Å²) in [4.78, 5) is 8.92. The van der Waals surface area contributed by atoms with Crippen LogP contribution in [0.5, 0.6) is 0 Å². The fraction of sp³-hybridized carbons (Fsp3) is 0.500. The zero-order valence-electron chi connectivity index (χ0n) is 6.26. The molecule has 58 valence electrons. The summed E-state index contributed by atoms with van der Waals surface area (Å²) in [5.74, 6) is 0. The van der Waals surface area contributed by atoms with Gasteiger partial charge in [0.25, 0.3) is 0 Å². The molecule has 10 heavy (non-hydrogen) atoms. The fourth-order valence-corrected chi connectivity index (χ4v) is 0. The Kier molecular flexibility index (Phi) is 16.0. The first-order valence-corrected chi connectivity index (χ1v) is 3.06. The van der Waals surface area contributed by atoms with Gasteiger partial charge in [-0.05, 0) is 0 Å². The molecule has 0 heterocycles. The van der Waals surface area contributed by atoms with Crippen LogP contribution in [0.3, 0.4) is 0 Å². The maximum atomic E-state index is 8.92. The van der Waals surface area contributed by atoms with Crippen LogP contribution in [0.1, 0.15) is 1.43 Å². The predicted octanol–water partition coefficient (Wildman–Crippen LogP) is -4.36. The van der Waals surface area contributed by atoms with Crippen LogP contribution in [-0.4, -0.2) is 35.5 Å². The maximum Gasteiger partial charge on any atom is 1.00 e. The minimum Gasteiger partial charge on any atom is -1.00 e. The molecule has 6 nitrogen and oxygen atoms in total. The van der Waals surface area contributed by atoms with E-state index in [2.05, 4.69) is 0 Å². The van der Waals surface area contributed by atoms with Crippen molar-refractivity contribution in [3.05, 3.63) is 0 Å². The number of rotatable bonds is 1. The van der Waals surface area contributed by atoms with E-state index in [9.17, 15) is 0 Å². The number of aldehydes is 1. The Labute approximate surface area is 81.6 Å². The van der Waals surface area contributed by atoms with Crippen LogP contribution < -0.4 is 29.6 Å². The van der Waals surface area contributed by atoms with Gasteiger partial charge >= 0.3 is 40.0 Å². The van der Waals surface area contributed by atoms with Crippen molar-refractivity contribution in [1.29, 1.82) is 0 Å². The van der Waals surface area contributed by atoms with Gasteiger partial charge < -0.3 is 11.3 Å². The summed E-state index contributed by atoms with van der Waals surface area (Å²) in [5.41, 5.74) is 0. The van der Waals surface area contributed by atoms with Gasteiger partial charge in [-0.15, -0.1) is 0 Å². The van der Waals surface area contributed by atoms with Crippen molar-refractivity contribution < 1.29 is 58.4 Å². The molecule has 0 aliphatic carbocycles. The summed E-state index contributed by atoms with van der Waals surface area (Å²) >= 11 is 0. The third kappa shape index (κ3) is 212. The van der Waals surface area contributed by atoms with Crippen molar-refractivity contribution >= 4 is 16.7 Å². The summed E-state index contributed by atoms with van der Waals surface area (Å²) in [6.45, 7) is -0.361. The molecule has 0 atom stereocenters. The molecule has 3 N–H and O–H groups in total. The molecule has 0 aliphatic rings. The molecular formula is C2H7NaO6S. The second-order valence-corrected chi connectivity index (χ2v) is 1.69. The molecule has 0 aromatic rings. The van der Waals surface area contributed by atoms with Crippen molar-refractivity contribution in [2.75, 3.05) is 6.61 Å². The van der Waals surface area contributed by atoms with E-state index >= 15 is 0 Å². The molecule has 0 spiro atoms. The first-order chi connectivity index (χ1) is 3.91. The van der Waals surface area contributed by atoms with E-state index in [1.54, 1.807) is 0 Å². The van der Waals surface area contributed by atoms with Crippen molar-refractivity contribution in [1.82, 2.24) is 0 Å². The summed E-state index contributed by atoms with van der Waals surface area (Å²) in [6.07, 6.45) is 0.431. The van der Waals surface area contributed by atoms with Gasteiger partial charge in [0.15, 0.2) is 0 Å². The van der Waals surface area contributed by atoms with Crippen LogP contribution in [0.15, 0.2) is 0 Å². The van der Waals surface area contributed by atoms with Crippen LogP contribution in [0.4, 0.5) is 0 Å². The monoisotopic (exact) mass is 182 g/mol.